The molecule has 1 unspecified atom stereocenters. The smallest absolute Gasteiger partial charge is 0.161 e. The maximum Gasteiger partial charge on any atom is 0.161 e. The summed E-state index contributed by atoms with van der Waals surface area (Å²) in [5, 5.41) is 0. The lowest BCUT2D eigenvalue weighted by atomic mass is 10.1. The zero-order valence-corrected chi connectivity index (χ0v) is 11.5. The molecule has 100 valence electrons. The Bertz CT molecular complexity index is 399. The van der Waals surface area contributed by atoms with Crippen LogP contribution in [0.25, 0.3) is 0 Å². The van der Waals surface area contributed by atoms with E-state index < -0.39 is 0 Å². The number of ether oxygens (including phenoxy) is 2. The van der Waals surface area contributed by atoms with Crippen molar-refractivity contribution < 1.29 is 9.47 Å². The maximum atomic E-state index is 5.80. The Kier molecular flexibility index (Phi) is 5.72. The van der Waals surface area contributed by atoms with Crippen LogP contribution in [0.1, 0.15) is 26.3 Å². The van der Waals surface area contributed by atoms with Gasteiger partial charge in [0, 0.05) is 6.04 Å². The van der Waals surface area contributed by atoms with Gasteiger partial charge in [0.15, 0.2) is 11.5 Å². The van der Waals surface area contributed by atoms with Crippen LogP contribution in [0.4, 0.5) is 0 Å². The van der Waals surface area contributed by atoms with Crippen molar-refractivity contribution in [3.63, 3.8) is 0 Å². The summed E-state index contributed by atoms with van der Waals surface area (Å²) in [4.78, 5) is 0. The molecule has 0 radical (unpaired) electrons. The van der Waals surface area contributed by atoms with E-state index in [1.165, 1.54) is 0 Å². The minimum Gasteiger partial charge on any atom is -0.490 e. The van der Waals surface area contributed by atoms with Crippen LogP contribution in [0, 0.1) is 0 Å². The van der Waals surface area contributed by atoms with Gasteiger partial charge >= 0.3 is 0 Å². The minimum absolute atomic E-state index is 0.140. The van der Waals surface area contributed by atoms with Crippen LogP contribution in [0.2, 0.25) is 0 Å². The van der Waals surface area contributed by atoms with Crippen molar-refractivity contribution >= 4 is 0 Å². The predicted molar refractivity (Wildman–Crippen MR) is 75.3 cm³/mol. The fourth-order valence-corrected chi connectivity index (χ4v) is 1.64. The second-order valence-electron chi connectivity index (χ2n) is 4.64. The van der Waals surface area contributed by atoms with E-state index in [4.69, 9.17) is 15.2 Å². The molecule has 0 fully saturated rings. The minimum atomic E-state index is 0.140. The van der Waals surface area contributed by atoms with Crippen LogP contribution < -0.4 is 15.2 Å². The largest absolute Gasteiger partial charge is 0.490 e. The van der Waals surface area contributed by atoms with E-state index in [2.05, 4.69) is 6.58 Å². The molecule has 0 spiro atoms. The second kappa shape index (κ2) is 7.07. The van der Waals surface area contributed by atoms with Crippen molar-refractivity contribution in [3.8, 4) is 11.5 Å². The summed E-state index contributed by atoms with van der Waals surface area (Å²) in [6.07, 6.45) is 0.834. The highest BCUT2D eigenvalue weighted by atomic mass is 16.5. The van der Waals surface area contributed by atoms with Gasteiger partial charge in [-0.15, -0.1) is 0 Å². The lowest BCUT2D eigenvalue weighted by molar-refractivity contribution is 0.293. The third kappa shape index (κ3) is 4.80. The average molecular weight is 249 g/mol. The van der Waals surface area contributed by atoms with Gasteiger partial charge in [0.1, 0.15) is 6.61 Å². The fourth-order valence-electron chi connectivity index (χ4n) is 1.64. The molecule has 2 N–H and O–H groups in total. The summed E-state index contributed by atoms with van der Waals surface area (Å²) in [7, 11) is 0. The summed E-state index contributed by atoms with van der Waals surface area (Å²) in [6, 6.07) is 6.10. The number of hydrogen-bond acceptors (Lipinski definition) is 3. The van der Waals surface area contributed by atoms with Crippen LogP contribution in [0.15, 0.2) is 30.4 Å². The first-order valence-corrected chi connectivity index (χ1v) is 6.31. The van der Waals surface area contributed by atoms with Gasteiger partial charge in [-0.2, -0.15) is 0 Å². The summed E-state index contributed by atoms with van der Waals surface area (Å²) in [6.45, 7) is 10.8. The summed E-state index contributed by atoms with van der Waals surface area (Å²) in [5.41, 5.74) is 7.95. The van der Waals surface area contributed by atoms with Crippen LogP contribution >= 0.6 is 0 Å². The highest BCUT2D eigenvalue weighted by Crippen LogP contribution is 2.29. The van der Waals surface area contributed by atoms with Gasteiger partial charge in [-0.25, -0.2) is 0 Å². The van der Waals surface area contributed by atoms with Gasteiger partial charge in [0.2, 0.25) is 0 Å². The zero-order valence-electron chi connectivity index (χ0n) is 11.5. The summed E-state index contributed by atoms with van der Waals surface area (Å²) in [5.74, 6) is 1.53. The molecule has 18 heavy (non-hydrogen) atoms. The number of nitrogens with two attached hydrogens (primary N) is 1. The second-order valence-corrected chi connectivity index (χ2v) is 4.64. The van der Waals surface area contributed by atoms with Crippen molar-refractivity contribution in [2.75, 3.05) is 13.2 Å². The van der Waals surface area contributed by atoms with Gasteiger partial charge in [0.05, 0.1) is 6.61 Å². The molecule has 0 saturated heterocycles. The van der Waals surface area contributed by atoms with Crippen molar-refractivity contribution in [3.05, 3.63) is 35.9 Å². The molecule has 0 bridgehead atoms. The molecule has 1 aromatic carbocycles. The van der Waals surface area contributed by atoms with Crippen LogP contribution in [0.5, 0.6) is 11.5 Å². The summed E-state index contributed by atoms with van der Waals surface area (Å²) < 4.78 is 11.3. The number of rotatable bonds is 7. The van der Waals surface area contributed by atoms with E-state index in [0.717, 1.165) is 29.1 Å². The SMILES string of the molecule is C=C(C)COc1ccc(CC(C)N)cc1OCC. The Morgan fingerprint density at radius 1 is 1.33 bits per heavy atom. The molecular weight excluding hydrogens is 226 g/mol. The summed E-state index contributed by atoms with van der Waals surface area (Å²) >= 11 is 0. The molecule has 3 nitrogen and oxygen atoms in total. The lowest BCUT2D eigenvalue weighted by Gasteiger charge is -2.14. The van der Waals surface area contributed by atoms with Gasteiger partial charge in [-0.3, -0.25) is 0 Å². The number of hydrogen-bond donors (Lipinski definition) is 1. The molecule has 1 rings (SSSR count). The van der Waals surface area contributed by atoms with Crippen molar-refractivity contribution in [1.29, 1.82) is 0 Å². The molecular formula is C15H23NO2. The van der Waals surface area contributed by atoms with Crippen LogP contribution in [-0.4, -0.2) is 19.3 Å². The molecule has 0 saturated carbocycles. The molecule has 1 atom stereocenters. The molecule has 0 heterocycles. The zero-order chi connectivity index (χ0) is 13.5. The van der Waals surface area contributed by atoms with E-state index in [1.54, 1.807) is 0 Å². The van der Waals surface area contributed by atoms with Gasteiger partial charge < -0.3 is 15.2 Å². The first kappa shape index (κ1) is 14.6. The van der Waals surface area contributed by atoms with Gasteiger partial charge in [0.25, 0.3) is 0 Å². The highest BCUT2D eigenvalue weighted by molar-refractivity contribution is 5.43. The average Bonchev–Trinajstić information content (AvgIpc) is 2.27. The normalized spacial score (nSPS) is 12.0. The lowest BCUT2D eigenvalue weighted by Crippen LogP contribution is -2.17. The van der Waals surface area contributed by atoms with Crippen molar-refractivity contribution in [2.45, 2.75) is 33.2 Å². The Labute approximate surface area is 110 Å². The maximum absolute atomic E-state index is 5.80. The fraction of sp³-hybridized carbons (Fsp3) is 0.467. The van der Waals surface area contributed by atoms with E-state index in [0.29, 0.717) is 13.2 Å². The van der Waals surface area contributed by atoms with E-state index in [9.17, 15) is 0 Å². The molecule has 0 aromatic heterocycles. The first-order valence-electron chi connectivity index (χ1n) is 6.31. The van der Waals surface area contributed by atoms with E-state index >= 15 is 0 Å². The van der Waals surface area contributed by atoms with Gasteiger partial charge in [-0.05, 0) is 50.5 Å². The Morgan fingerprint density at radius 3 is 2.61 bits per heavy atom. The quantitative estimate of drug-likeness (QED) is 0.756. The molecule has 0 aliphatic rings. The third-order valence-corrected chi connectivity index (χ3v) is 2.34. The monoisotopic (exact) mass is 249 g/mol. The molecule has 3 heteroatoms. The van der Waals surface area contributed by atoms with Gasteiger partial charge in [-0.1, -0.05) is 12.6 Å². The molecule has 1 aromatic rings. The third-order valence-electron chi connectivity index (χ3n) is 2.34. The Balaban J connectivity index is 2.85. The van der Waals surface area contributed by atoms with Crippen molar-refractivity contribution in [1.82, 2.24) is 0 Å². The molecule has 0 amide bonds. The van der Waals surface area contributed by atoms with E-state index in [-0.39, 0.29) is 6.04 Å². The highest BCUT2D eigenvalue weighted by Gasteiger charge is 2.07. The Hall–Kier alpha value is -1.48. The molecule has 0 aliphatic carbocycles. The van der Waals surface area contributed by atoms with E-state index in [1.807, 2.05) is 39.0 Å². The standard InChI is InChI=1S/C15H23NO2/c1-5-17-15-9-13(8-12(4)16)6-7-14(15)18-10-11(2)3/h6-7,9,12H,2,5,8,10,16H2,1,3-4H3. The van der Waals surface area contributed by atoms with Crippen molar-refractivity contribution in [2.24, 2.45) is 5.73 Å². The topological polar surface area (TPSA) is 44.5 Å². The van der Waals surface area contributed by atoms with Crippen LogP contribution in [-0.2, 0) is 6.42 Å². The number of benzene rings is 1. The Morgan fingerprint density at radius 2 is 2.06 bits per heavy atom. The van der Waals surface area contributed by atoms with Crippen LogP contribution in [0.3, 0.4) is 0 Å². The first-order chi connectivity index (χ1) is 8.52. The predicted octanol–water partition coefficient (Wildman–Crippen LogP) is 2.93. The molecule has 0 aliphatic heterocycles.